The van der Waals surface area contributed by atoms with Gasteiger partial charge in [0.2, 0.25) is 5.88 Å². The highest BCUT2D eigenvalue weighted by atomic mass is 16.5. The van der Waals surface area contributed by atoms with Crippen molar-refractivity contribution in [3.63, 3.8) is 0 Å². The van der Waals surface area contributed by atoms with E-state index in [0.29, 0.717) is 32.1 Å². The fourth-order valence-corrected chi connectivity index (χ4v) is 3.08. The van der Waals surface area contributed by atoms with E-state index in [1.807, 2.05) is 36.1 Å². The quantitative estimate of drug-likeness (QED) is 0.811. The average Bonchev–Trinajstić information content (AvgIpc) is 2.70. The largest absolute Gasteiger partial charge is 0.494 e. The first kappa shape index (κ1) is 18.9. The molecule has 1 N–H and O–H groups in total. The lowest BCUT2D eigenvalue weighted by Crippen LogP contribution is -2.46. The summed E-state index contributed by atoms with van der Waals surface area (Å²) < 4.78 is 11.3. The number of aromatic nitrogens is 2. The molecule has 0 atom stereocenters. The van der Waals surface area contributed by atoms with Crippen LogP contribution in [0.1, 0.15) is 25.3 Å². The van der Waals surface area contributed by atoms with Gasteiger partial charge in [-0.3, -0.25) is 4.98 Å². The van der Waals surface area contributed by atoms with Crippen LogP contribution in [0.5, 0.6) is 11.6 Å². The Bertz CT molecular complexity index is 718. The summed E-state index contributed by atoms with van der Waals surface area (Å²) in [7, 11) is 0. The lowest BCUT2D eigenvalue weighted by atomic mass is 10.1. The van der Waals surface area contributed by atoms with Gasteiger partial charge in [-0.15, -0.1) is 0 Å². The number of benzene rings is 1. The molecule has 2 heterocycles. The fraction of sp³-hybridized carbons (Fsp3) is 0.450. The lowest BCUT2D eigenvalue weighted by molar-refractivity contribution is 0.107. The molecule has 1 fully saturated rings. The van der Waals surface area contributed by atoms with Gasteiger partial charge in [-0.1, -0.05) is 12.1 Å². The molecule has 7 heteroatoms. The van der Waals surface area contributed by atoms with Crippen LogP contribution in [-0.2, 0) is 6.42 Å². The van der Waals surface area contributed by atoms with Crippen LogP contribution in [0.15, 0.2) is 42.9 Å². The highest BCUT2D eigenvalue weighted by Gasteiger charge is 2.24. The van der Waals surface area contributed by atoms with E-state index in [2.05, 4.69) is 15.3 Å². The Morgan fingerprint density at radius 1 is 1.30 bits per heavy atom. The minimum Gasteiger partial charge on any atom is -0.494 e. The number of ether oxygens (including phenoxy) is 2. The second kappa shape index (κ2) is 9.75. The number of nitrogens with zero attached hydrogens (tertiary/aromatic N) is 3. The predicted octanol–water partition coefficient (Wildman–Crippen LogP) is 2.67. The summed E-state index contributed by atoms with van der Waals surface area (Å²) in [5, 5.41) is 3.00. The SMILES string of the molecule is CCOc1cccc(CCNC(=O)N2CCC(Oc3cnccn3)CC2)c1. The van der Waals surface area contributed by atoms with E-state index in [4.69, 9.17) is 9.47 Å². The van der Waals surface area contributed by atoms with Crippen LogP contribution in [0.3, 0.4) is 0 Å². The molecule has 7 nitrogen and oxygen atoms in total. The molecule has 1 aromatic carbocycles. The summed E-state index contributed by atoms with van der Waals surface area (Å²) in [5.41, 5.74) is 1.15. The molecule has 1 aromatic heterocycles. The first-order chi connectivity index (χ1) is 13.2. The van der Waals surface area contributed by atoms with Gasteiger partial charge in [0, 0.05) is 44.9 Å². The minimum atomic E-state index is -0.0195. The van der Waals surface area contributed by atoms with Crippen LogP contribution in [0.25, 0.3) is 0 Å². The average molecular weight is 370 g/mol. The van der Waals surface area contributed by atoms with Gasteiger partial charge < -0.3 is 19.7 Å². The molecule has 3 rings (SSSR count). The number of urea groups is 1. The molecular weight excluding hydrogens is 344 g/mol. The Balaban J connectivity index is 1.37. The van der Waals surface area contributed by atoms with Gasteiger partial charge in [-0.2, -0.15) is 0 Å². The van der Waals surface area contributed by atoms with Crippen LogP contribution in [-0.4, -0.2) is 53.2 Å². The zero-order valence-electron chi connectivity index (χ0n) is 15.6. The molecular formula is C20H26N4O3. The molecule has 2 amide bonds. The summed E-state index contributed by atoms with van der Waals surface area (Å²) in [6.45, 7) is 4.57. The van der Waals surface area contributed by atoms with E-state index >= 15 is 0 Å². The summed E-state index contributed by atoms with van der Waals surface area (Å²) in [6.07, 6.45) is 7.28. The molecule has 0 radical (unpaired) electrons. The normalized spacial score (nSPS) is 14.6. The van der Waals surface area contributed by atoms with Gasteiger partial charge in [0.05, 0.1) is 12.8 Å². The van der Waals surface area contributed by atoms with Gasteiger partial charge >= 0.3 is 6.03 Å². The smallest absolute Gasteiger partial charge is 0.317 e. The molecule has 0 spiro atoms. The van der Waals surface area contributed by atoms with Gasteiger partial charge in [0.15, 0.2) is 0 Å². The topological polar surface area (TPSA) is 76.6 Å². The van der Waals surface area contributed by atoms with Crippen molar-refractivity contribution >= 4 is 6.03 Å². The van der Waals surface area contributed by atoms with Crippen LogP contribution >= 0.6 is 0 Å². The van der Waals surface area contributed by atoms with Crippen LogP contribution in [0.2, 0.25) is 0 Å². The van der Waals surface area contributed by atoms with Crippen molar-refractivity contribution in [2.45, 2.75) is 32.3 Å². The monoisotopic (exact) mass is 370 g/mol. The molecule has 144 valence electrons. The maximum Gasteiger partial charge on any atom is 0.317 e. The van der Waals surface area contributed by atoms with Crippen molar-refractivity contribution in [1.82, 2.24) is 20.2 Å². The van der Waals surface area contributed by atoms with E-state index in [1.54, 1.807) is 18.6 Å². The maximum absolute atomic E-state index is 12.3. The van der Waals surface area contributed by atoms with E-state index < -0.39 is 0 Å². The fourth-order valence-electron chi connectivity index (χ4n) is 3.08. The summed E-state index contributed by atoms with van der Waals surface area (Å²) >= 11 is 0. The molecule has 0 aliphatic carbocycles. The third-order valence-electron chi connectivity index (χ3n) is 4.46. The van der Waals surface area contributed by atoms with Crippen molar-refractivity contribution in [3.8, 4) is 11.6 Å². The predicted molar refractivity (Wildman–Crippen MR) is 102 cm³/mol. The number of nitrogens with one attached hydrogen (secondary N) is 1. The van der Waals surface area contributed by atoms with Crippen LogP contribution in [0.4, 0.5) is 4.79 Å². The van der Waals surface area contributed by atoms with Crippen molar-refractivity contribution in [3.05, 3.63) is 48.4 Å². The van der Waals surface area contributed by atoms with Gasteiger partial charge in [-0.05, 0) is 31.0 Å². The number of piperidine rings is 1. The number of carbonyl (C=O) groups excluding carboxylic acids is 1. The van der Waals surface area contributed by atoms with E-state index in [1.165, 1.54) is 0 Å². The number of likely N-dealkylation sites (tertiary alicyclic amines) is 1. The Morgan fingerprint density at radius 2 is 2.15 bits per heavy atom. The maximum atomic E-state index is 12.3. The van der Waals surface area contributed by atoms with E-state index in [9.17, 15) is 4.79 Å². The minimum absolute atomic E-state index is 0.0195. The first-order valence-corrected chi connectivity index (χ1v) is 9.42. The standard InChI is InChI=1S/C20H26N4O3/c1-2-26-18-5-3-4-16(14-18)6-9-23-20(25)24-12-7-17(8-13-24)27-19-15-21-10-11-22-19/h3-5,10-11,14-15,17H,2,6-9,12-13H2,1H3,(H,23,25). The number of hydrogen-bond donors (Lipinski definition) is 1. The van der Waals surface area contributed by atoms with E-state index in [-0.39, 0.29) is 12.1 Å². The number of carbonyl (C=O) groups is 1. The number of rotatable bonds is 7. The lowest BCUT2D eigenvalue weighted by Gasteiger charge is -2.31. The second-order valence-electron chi connectivity index (χ2n) is 6.41. The first-order valence-electron chi connectivity index (χ1n) is 9.42. The zero-order valence-corrected chi connectivity index (χ0v) is 15.6. The second-order valence-corrected chi connectivity index (χ2v) is 6.41. The highest BCUT2D eigenvalue weighted by molar-refractivity contribution is 5.74. The summed E-state index contributed by atoms with van der Waals surface area (Å²) in [6, 6.07) is 7.96. The molecule has 1 saturated heterocycles. The molecule has 27 heavy (non-hydrogen) atoms. The summed E-state index contributed by atoms with van der Waals surface area (Å²) in [4.78, 5) is 22.3. The number of amides is 2. The van der Waals surface area contributed by atoms with Crippen molar-refractivity contribution in [2.75, 3.05) is 26.2 Å². The van der Waals surface area contributed by atoms with Crippen molar-refractivity contribution in [2.24, 2.45) is 0 Å². The van der Waals surface area contributed by atoms with Gasteiger partial charge in [0.25, 0.3) is 0 Å². The van der Waals surface area contributed by atoms with Crippen molar-refractivity contribution < 1.29 is 14.3 Å². The molecule has 2 aromatic rings. The Morgan fingerprint density at radius 3 is 2.89 bits per heavy atom. The highest BCUT2D eigenvalue weighted by Crippen LogP contribution is 2.16. The molecule has 0 unspecified atom stereocenters. The zero-order chi connectivity index (χ0) is 18.9. The molecule has 0 bridgehead atoms. The summed E-state index contributed by atoms with van der Waals surface area (Å²) in [5.74, 6) is 1.40. The number of hydrogen-bond acceptors (Lipinski definition) is 5. The Kier molecular flexibility index (Phi) is 6.84. The third kappa shape index (κ3) is 5.84. The van der Waals surface area contributed by atoms with Gasteiger partial charge in [-0.25, -0.2) is 9.78 Å². The Hall–Kier alpha value is -2.83. The van der Waals surface area contributed by atoms with Crippen LogP contribution in [0, 0.1) is 0 Å². The molecule has 1 aliphatic rings. The van der Waals surface area contributed by atoms with Gasteiger partial charge in [0.1, 0.15) is 11.9 Å². The van der Waals surface area contributed by atoms with Crippen molar-refractivity contribution in [1.29, 1.82) is 0 Å². The van der Waals surface area contributed by atoms with Crippen LogP contribution < -0.4 is 14.8 Å². The van der Waals surface area contributed by atoms with E-state index in [0.717, 1.165) is 30.6 Å². The third-order valence-corrected chi connectivity index (χ3v) is 4.46. The molecule has 0 saturated carbocycles. The Labute approximate surface area is 159 Å². The molecule has 1 aliphatic heterocycles.